The number of amides is 1. The van der Waals surface area contributed by atoms with Gasteiger partial charge >= 0.3 is 0 Å². The molecule has 0 spiro atoms. The highest BCUT2D eigenvalue weighted by Gasteiger charge is 2.15. The lowest BCUT2D eigenvalue weighted by Gasteiger charge is -2.22. The molecular formula is C12H24N2OS2. The third-order valence-electron chi connectivity index (χ3n) is 2.90. The lowest BCUT2D eigenvalue weighted by atomic mass is 10.2. The summed E-state index contributed by atoms with van der Waals surface area (Å²) in [5, 5.41) is 7.08. The van der Waals surface area contributed by atoms with Crippen LogP contribution in [-0.4, -0.2) is 48.0 Å². The van der Waals surface area contributed by atoms with Gasteiger partial charge in [-0.25, -0.2) is 0 Å². The molecule has 1 fully saturated rings. The summed E-state index contributed by atoms with van der Waals surface area (Å²) in [5.41, 5.74) is 0. The van der Waals surface area contributed by atoms with Crippen molar-refractivity contribution >= 4 is 29.4 Å². The number of hydrogen-bond donors (Lipinski definition) is 2. The number of rotatable bonds is 7. The van der Waals surface area contributed by atoms with E-state index in [0.29, 0.717) is 17.0 Å². The Labute approximate surface area is 113 Å². The van der Waals surface area contributed by atoms with Crippen LogP contribution in [0.5, 0.6) is 0 Å². The van der Waals surface area contributed by atoms with Crippen LogP contribution in [0.25, 0.3) is 0 Å². The van der Waals surface area contributed by atoms with Crippen LogP contribution < -0.4 is 10.6 Å². The van der Waals surface area contributed by atoms with E-state index in [-0.39, 0.29) is 5.91 Å². The number of thioether (sulfide) groups is 2. The second-order valence-corrected chi connectivity index (χ2v) is 6.78. The quantitative estimate of drug-likeness (QED) is 0.743. The van der Waals surface area contributed by atoms with Crippen molar-refractivity contribution < 1.29 is 4.79 Å². The first kappa shape index (κ1) is 15.2. The predicted octanol–water partition coefficient (Wildman–Crippen LogP) is 1.73. The summed E-state index contributed by atoms with van der Waals surface area (Å²) in [6.45, 7) is 4.29. The van der Waals surface area contributed by atoms with Gasteiger partial charge in [0.05, 0.1) is 5.75 Å². The second-order valence-electron chi connectivity index (χ2n) is 4.51. The summed E-state index contributed by atoms with van der Waals surface area (Å²) in [5.74, 6) is 1.93. The van der Waals surface area contributed by atoms with E-state index in [1.807, 2.05) is 23.5 Å². The van der Waals surface area contributed by atoms with E-state index in [2.05, 4.69) is 23.8 Å². The van der Waals surface area contributed by atoms with Gasteiger partial charge in [0.1, 0.15) is 0 Å². The fourth-order valence-corrected chi connectivity index (χ4v) is 3.47. The zero-order valence-electron chi connectivity index (χ0n) is 10.8. The minimum atomic E-state index is 0.196. The molecule has 1 unspecified atom stereocenters. The summed E-state index contributed by atoms with van der Waals surface area (Å²) in [6, 6.07) is 0.309. The molecule has 0 bridgehead atoms. The van der Waals surface area contributed by atoms with Crippen molar-refractivity contribution in [2.75, 3.05) is 30.9 Å². The van der Waals surface area contributed by atoms with Gasteiger partial charge in [-0.3, -0.25) is 4.79 Å². The fraction of sp³-hybridized carbons (Fsp3) is 0.917. The number of carbonyl (C=O) groups is 1. The van der Waals surface area contributed by atoms with Crippen LogP contribution in [0.1, 0.15) is 26.2 Å². The lowest BCUT2D eigenvalue weighted by molar-refractivity contribution is -0.119. The molecule has 100 valence electrons. The molecule has 0 aromatic carbocycles. The normalized spacial score (nSPS) is 18.9. The first-order valence-corrected chi connectivity index (χ1v) is 8.77. The van der Waals surface area contributed by atoms with Crippen molar-refractivity contribution in [1.82, 2.24) is 10.6 Å². The Kier molecular flexibility index (Phi) is 8.14. The maximum Gasteiger partial charge on any atom is 0.230 e. The highest BCUT2D eigenvalue weighted by Crippen LogP contribution is 2.19. The SMILES string of the molecule is CSCCC(C)NC(=O)CSC1CCNCC1. The maximum atomic E-state index is 11.7. The summed E-state index contributed by atoms with van der Waals surface area (Å²) < 4.78 is 0. The predicted molar refractivity (Wildman–Crippen MR) is 79.0 cm³/mol. The molecule has 2 N–H and O–H groups in total. The van der Waals surface area contributed by atoms with Crippen molar-refractivity contribution in [1.29, 1.82) is 0 Å². The molecule has 17 heavy (non-hydrogen) atoms. The van der Waals surface area contributed by atoms with Gasteiger partial charge in [-0.15, -0.1) is 11.8 Å². The first-order valence-electron chi connectivity index (χ1n) is 6.33. The van der Waals surface area contributed by atoms with Crippen LogP contribution in [-0.2, 0) is 4.79 Å². The Morgan fingerprint density at radius 1 is 1.47 bits per heavy atom. The second kappa shape index (κ2) is 9.11. The summed E-state index contributed by atoms with van der Waals surface area (Å²) in [7, 11) is 0. The highest BCUT2D eigenvalue weighted by atomic mass is 32.2. The Morgan fingerprint density at radius 2 is 2.18 bits per heavy atom. The molecular weight excluding hydrogens is 252 g/mol. The average Bonchev–Trinajstić information content (AvgIpc) is 2.35. The smallest absolute Gasteiger partial charge is 0.230 e. The van der Waals surface area contributed by atoms with Gasteiger partial charge in [0.15, 0.2) is 0 Å². The molecule has 0 aliphatic carbocycles. The summed E-state index contributed by atoms with van der Waals surface area (Å²) in [6.07, 6.45) is 5.55. The van der Waals surface area contributed by atoms with Gasteiger partial charge in [0.2, 0.25) is 5.91 Å². The summed E-state index contributed by atoms with van der Waals surface area (Å²) >= 11 is 3.64. The Bertz CT molecular complexity index is 221. The zero-order chi connectivity index (χ0) is 12.5. The Balaban J connectivity index is 2.07. The molecule has 1 aliphatic rings. The minimum Gasteiger partial charge on any atom is -0.353 e. The van der Waals surface area contributed by atoms with Crippen molar-refractivity contribution in [2.45, 2.75) is 37.5 Å². The van der Waals surface area contributed by atoms with Gasteiger partial charge in [0, 0.05) is 11.3 Å². The van der Waals surface area contributed by atoms with Gasteiger partial charge < -0.3 is 10.6 Å². The first-order chi connectivity index (χ1) is 8.22. The number of piperidine rings is 1. The highest BCUT2D eigenvalue weighted by molar-refractivity contribution is 8.00. The fourth-order valence-electron chi connectivity index (χ4n) is 1.84. The van der Waals surface area contributed by atoms with Crippen molar-refractivity contribution in [3.63, 3.8) is 0 Å². The van der Waals surface area contributed by atoms with E-state index in [9.17, 15) is 4.79 Å². The summed E-state index contributed by atoms with van der Waals surface area (Å²) in [4.78, 5) is 11.7. The van der Waals surface area contributed by atoms with Crippen LogP contribution in [0.3, 0.4) is 0 Å². The van der Waals surface area contributed by atoms with E-state index in [1.54, 1.807) is 0 Å². The molecule has 1 atom stereocenters. The van der Waals surface area contributed by atoms with Gasteiger partial charge in [0.25, 0.3) is 0 Å². The van der Waals surface area contributed by atoms with Crippen LogP contribution in [0.2, 0.25) is 0 Å². The molecule has 5 heteroatoms. The molecule has 0 aromatic heterocycles. The third-order valence-corrected chi connectivity index (χ3v) is 4.91. The molecule has 1 rings (SSSR count). The van der Waals surface area contributed by atoms with Crippen molar-refractivity contribution in [3.05, 3.63) is 0 Å². The van der Waals surface area contributed by atoms with Crippen LogP contribution >= 0.6 is 23.5 Å². The van der Waals surface area contributed by atoms with E-state index < -0.39 is 0 Å². The van der Waals surface area contributed by atoms with E-state index >= 15 is 0 Å². The van der Waals surface area contributed by atoms with Gasteiger partial charge in [-0.2, -0.15) is 11.8 Å². The van der Waals surface area contributed by atoms with Crippen LogP contribution in [0, 0.1) is 0 Å². The minimum absolute atomic E-state index is 0.196. The lowest BCUT2D eigenvalue weighted by Crippen LogP contribution is -2.35. The van der Waals surface area contributed by atoms with Gasteiger partial charge in [-0.05, 0) is 51.3 Å². The van der Waals surface area contributed by atoms with Crippen LogP contribution in [0.15, 0.2) is 0 Å². The van der Waals surface area contributed by atoms with Crippen LogP contribution in [0.4, 0.5) is 0 Å². The van der Waals surface area contributed by atoms with E-state index in [0.717, 1.165) is 25.3 Å². The number of hydrogen-bond acceptors (Lipinski definition) is 4. The molecule has 0 aromatic rings. The van der Waals surface area contributed by atoms with Gasteiger partial charge in [-0.1, -0.05) is 0 Å². The van der Waals surface area contributed by atoms with Crippen molar-refractivity contribution in [3.8, 4) is 0 Å². The standard InChI is InChI=1S/C12H24N2OS2/c1-10(5-8-16-2)14-12(15)9-17-11-3-6-13-7-4-11/h10-11,13H,3-9H2,1-2H3,(H,14,15). The largest absolute Gasteiger partial charge is 0.353 e. The number of carbonyl (C=O) groups excluding carboxylic acids is 1. The topological polar surface area (TPSA) is 41.1 Å². The van der Waals surface area contributed by atoms with E-state index in [4.69, 9.17) is 0 Å². The van der Waals surface area contributed by atoms with E-state index in [1.165, 1.54) is 12.8 Å². The maximum absolute atomic E-state index is 11.7. The zero-order valence-corrected chi connectivity index (χ0v) is 12.5. The Morgan fingerprint density at radius 3 is 2.82 bits per heavy atom. The molecule has 0 radical (unpaired) electrons. The third kappa shape index (κ3) is 7.21. The molecule has 1 saturated heterocycles. The molecule has 1 aliphatic heterocycles. The Hall–Kier alpha value is 0.130. The van der Waals surface area contributed by atoms with Crippen molar-refractivity contribution in [2.24, 2.45) is 0 Å². The molecule has 1 heterocycles. The molecule has 1 amide bonds. The molecule has 0 saturated carbocycles. The number of nitrogens with one attached hydrogen (secondary N) is 2. The molecule has 3 nitrogen and oxygen atoms in total. The average molecular weight is 276 g/mol. The monoisotopic (exact) mass is 276 g/mol.